The molecule has 0 aromatic heterocycles. The van der Waals surface area contributed by atoms with Crippen LogP contribution in [0.2, 0.25) is 0 Å². The van der Waals surface area contributed by atoms with E-state index in [-0.39, 0.29) is 0 Å². The van der Waals surface area contributed by atoms with Crippen LogP contribution in [0.5, 0.6) is 0 Å². The van der Waals surface area contributed by atoms with Gasteiger partial charge < -0.3 is 0 Å². The third-order valence-corrected chi connectivity index (χ3v) is 2.96. The average Bonchev–Trinajstić information content (AvgIpc) is 2.12. The Morgan fingerprint density at radius 1 is 1.08 bits per heavy atom. The molecule has 0 atom stereocenters. The Morgan fingerprint density at radius 2 is 1.75 bits per heavy atom. The van der Waals surface area contributed by atoms with Gasteiger partial charge >= 0.3 is 0 Å². The van der Waals surface area contributed by atoms with Crippen LogP contribution < -0.4 is 0 Å². The van der Waals surface area contributed by atoms with Gasteiger partial charge in [0.25, 0.3) is 0 Å². The molecule has 0 saturated carbocycles. The van der Waals surface area contributed by atoms with E-state index in [0.29, 0.717) is 0 Å². The van der Waals surface area contributed by atoms with E-state index in [1.807, 2.05) is 0 Å². The minimum atomic E-state index is 1.01. The molecule has 0 spiro atoms. The maximum absolute atomic E-state index is 4.40. The minimum absolute atomic E-state index is 1.01. The molecule has 0 unspecified atom stereocenters. The van der Waals surface area contributed by atoms with Crippen LogP contribution in [0.1, 0.15) is 32.6 Å². The lowest BCUT2D eigenvalue weighted by atomic mass is 9.86. The molecule has 12 heavy (non-hydrogen) atoms. The third kappa shape index (κ3) is 1.21. The summed E-state index contributed by atoms with van der Waals surface area (Å²) in [5.74, 6) is 0. The van der Waals surface area contributed by atoms with Crippen molar-refractivity contribution in [2.75, 3.05) is 0 Å². The summed E-state index contributed by atoms with van der Waals surface area (Å²) in [4.78, 5) is 1.01. The Labute approximate surface area is 78.8 Å². The zero-order valence-electron chi connectivity index (χ0n) is 7.28. The van der Waals surface area contributed by atoms with Gasteiger partial charge in [0.15, 0.2) is 0 Å². The summed E-state index contributed by atoms with van der Waals surface area (Å²) < 4.78 is 0. The van der Waals surface area contributed by atoms with Crippen LogP contribution in [0.4, 0.5) is 0 Å². The van der Waals surface area contributed by atoms with E-state index in [4.69, 9.17) is 0 Å². The average molecular weight is 176 g/mol. The van der Waals surface area contributed by atoms with Crippen molar-refractivity contribution in [3.05, 3.63) is 33.1 Å². The minimum Gasteiger partial charge on any atom is -0.134 e. The highest BCUT2D eigenvalue weighted by Gasteiger charge is 2.17. The van der Waals surface area contributed by atoms with Gasteiger partial charge in [-0.3, -0.25) is 0 Å². The van der Waals surface area contributed by atoms with Crippen LogP contribution in [-0.4, -0.2) is 0 Å². The van der Waals surface area contributed by atoms with Crippen LogP contribution in [0, 0.1) is 0 Å². The second kappa shape index (κ2) is 3.03. The van der Waals surface area contributed by atoms with Crippen LogP contribution in [0.15, 0.2) is 33.1 Å². The predicted molar refractivity (Wildman–Crippen MR) is 54.2 cm³/mol. The molecule has 2 rings (SSSR count). The predicted octanol–water partition coefficient (Wildman–Crippen LogP) is 3.38. The van der Waals surface area contributed by atoms with Gasteiger partial charge in [0.1, 0.15) is 0 Å². The molecular formula is C11H12S. The van der Waals surface area contributed by atoms with Crippen molar-refractivity contribution >= 4 is 12.6 Å². The molecule has 62 valence electrons. The summed E-state index contributed by atoms with van der Waals surface area (Å²) in [5, 5.41) is 0. The van der Waals surface area contributed by atoms with E-state index in [1.54, 1.807) is 0 Å². The highest BCUT2D eigenvalue weighted by atomic mass is 32.1. The summed E-state index contributed by atoms with van der Waals surface area (Å²) in [5.41, 5.74) is 10.4. The van der Waals surface area contributed by atoms with Gasteiger partial charge in [0, 0.05) is 5.57 Å². The van der Waals surface area contributed by atoms with Crippen molar-refractivity contribution in [1.82, 2.24) is 0 Å². The number of allylic oxidation sites excluding steroid dienone is 3. The topological polar surface area (TPSA) is 0 Å². The Morgan fingerprint density at radius 3 is 2.42 bits per heavy atom. The number of hydrogen-bond donors (Lipinski definition) is 1. The van der Waals surface area contributed by atoms with Crippen molar-refractivity contribution in [1.29, 1.82) is 0 Å². The number of thiol groups is 1. The molecule has 0 N–H and O–H groups in total. The molecule has 0 aromatic carbocycles. The van der Waals surface area contributed by atoms with Crippen LogP contribution in [0.3, 0.4) is 0 Å². The Kier molecular flexibility index (Phi) is 2.02. The van der Waals surface area contributed by atoms with Gasteiger partial charge in [-0.05, 0) is 43.8 Å². The van der Waals surface area contributed by atoms with E-state index < -0.39 is 0 Å². The molecule has 2 aliphatic rings. The fourth-order valence-electron chi connectivity index (χ4n) is 1.88. The van der Waals surface area contributed by atoms with Gasteiger partial charge in [0.05, 0.1) is 4.91 Å². The first kappa shape index (κ1) is 8.01. The van der Waals surface area contributed by atoms with E-state index in [0.717, 1.165) is 4.91 Å². The third-order valence-electron chi connectivity index (χ3n) is 2.57. The Hall–Kier alpha value is -0.610. The lowest BCUT2D eigenvalue weighted by molar-refractivity contribution is 0.685. The fraction of sp³-hybridized carbons (Fsp3) is 0.455. The van der Waals surface area contributed by atoms with Crippen molar-refractivity contribution in [3.8, 4) is 0 Å². The number of hydrogen-bond acceptors (Lipinski definition) is 1. The van der Waals surface area contributed by atoms with Crippen LogP contribution in [0.25, 0.3) is 0 Å². The SMILES string of the molecule is CC1=C=C=C(S)C2=C1CCCC2. The first-order valence-electron chi connectivity index (χ1n) is 4.43. The van der Waals surface area contributed by atoms with E-state index in [1.165, 1.54) is 42.4 Å². The maximum atomic E-state index is 4.40. The first-order chi connectivity index (χ1) is 5.79. The quantitative estimate of drug-likeness (QED) is 0.424. The van der Waals surface area contributed by atoms with Crippen LogP contribution in [-0.2, 0) is 0 Å². The van der Waals surface area contributed by atoms with Gasteiger partial charge in [-0.1, -0.05) is 11.5 Å². The highest BCUT2D eigenvalue weighted by molar-refractivity contribution is 7.84. The second-order valence-corrected chi connectivity index (χ2v) is 3.84. The van der Waals surface area contributed by atoms with Crippen molar-refractivity contribution in [2.45, 2.75) is 32.6 Å². The van der Waals surface area contributed by atoms with Crippen molar-refractivity contribution in [3.63, 3.8) is 0 Å². The zero-order chi connectivity index (χ0) is 8.55. The molecule has 0 aromatic rings. The van der Waals surface area contributed by atoms with Gasteiger partial charge in [-0.25, -0.2) is 0 Å². The Bertz CT molecular complexity index is 311. The maximum Gasteiger partial charge on any atom is 0.0581 e. The second-order valence-electron chi connectivity index (χ2n) is 3.39. The standard InChI is InChI=1S/C11H12S/c1-8-6-7-11(12)10-5-3-2-4-9(8)10/h12H,2-5H2,1H3. The Balaban J connectivity index is 2.53. The summed E-state index contributed by atoms with van der Waals surface area (Å²) >= 11 is 4.40. The van der Waals surface area contributed by atoms with E-state index >= 15 is 0 Å². The van der Waals surface area contributed by atoms with E-state index in [9.17, 15) is 0 Å². The molecule has 0 aliphatic heterocycles. The van der Waals surface area contributed by atoms with Gasteiger partial charge in [-0.15, -0.1) is 12.6 Å². The first-order valence-corrected chi connectivity index (χ1v) is 4.88. The summed E-state index contributed by atoms with van der Waals surface area (Å²) in [6.07, 6.45) is 5.01. The molecule has 0 bridgehead atoms. The number of rotatable bonds is 0. The van der Waals surface area contributed by atoms with E-state index in [2.05, 4.69) is 31.0 Å². The molecule has 0 amide bonds. The van der Waals surface area contributed by atoms with Gasteiger partial charge in [0.2, 0.25) is 0 Å². The molecule has 2 aliphatic carbocycles. The fourth-order valence-corrected chi connectivity index (χ4v) is 2.19. The monoisotopic (exact) mass is 176 g/mol. The molecular weight excluding hydrogens is 164 g/mol. The summed E-state index contributed by atoms with van der Waals surface area (Å²) in [6, 6.07) is 0. The van der Waals surface area contributed by atoms with Gasteiger partial charge in [-0.2, -0.15) is 0 Å². The largest absolute Gasteiger partial charge is 0.134 e. The van der Waals surface area contributed by atoms with Crippen molar-refractivity contribution in [2.24, 2.45) is 0 Å². The lowest BCUT2D eigenvalue weighted by Crippen LogP contribution is -2.02. The molecule has 0 fully saturated rings. The summed E-state index contributed by atoms with van der Waals surface area (Å²) in [7, 11) is 0. The zero-order valence-corrected chi connectivity index (χ0v) is 8.17. The normalized spacial score (nSPS) is 21.8. The molecule has 0 nitrogen and oxygen atoms in total. The molecule has 0 heterocycles. The summed E-state index contributed by atoms with van der Waals surface area (Å²) in [6.45, 7) is 2.12. The lowest BCUT2D eigenvalue weighted by Gasteiger charge is -2.20. The smallest absolute Gasteiger partial charge is 0.0581 e. The molecule has 0 radical (unpaired) electrons. The molecule has 1 heteroatoms. The highest BCUT2D eigenvalue weighted by Crippen LogP contribution is 2.35. The van der Waals surface area contributed by atoms with Crippen molar-refractivity contribution < 1.29 is 0 Å². The molecule has 0 saturated heterocycles. The van der Waals surface area contributed by atoms with Crippen LogP contribution >= 0.6 is 12.6 Å².